The first kappa shape index (κ1) is 11.6. The number of hydrogen-bond donors (Lipinski definition) is 1. The van der Waals surface area contributed by atoms with Crippen LogP contribution in [0.5, 0.6) is 0 Å². The molecule has 0 fully saturated rings. The van der Waals surface area contributed by atoms with E-state index in [-0.39, 0.29) is 5.82 Å². The van der Waals surface area contributed by atoms with E-state index in [4.69, 9.17) is 4.42 Å². The molecule has 0 saturated heterocycles. The highest BCUT2D eigenvalue weighted by molar-refractivity contribution is 9.10. The topological polar surface area (TPSA) is 25.2 Å². The molecule has 1 N–H and O–H groups in total. The van der Waals surface area contributed by atoms with Crippen LogP contribution in [0.15, 0.2) is 27.1 Å². The smallest absolute Gasteiger partial charge is 0.151 e. The highest BCUT2D eigenvalue weighted by Crippen LogP contribution is 2.29. The molecule has 0 aliphatic carbocycles. The first-order valence-electron chi connectivity index (χ1n) is 5.17. The molecule has 0 unspecified atom stereocenters. The van der Waals surface area contributed by atoms with E-state index in [0.29, 0.717) is 23.6 Å². The van der Waals surface area contributed by atoms with E-state index in [0.717, 1.165) is 10.2 Å². The van der Waals surface area contributed by atoms with Gasteiger partial charge in [-0.3, -0.25) is 0 Å². The van der Waals surface area contributed by atoms with Crippen molar-refractivity contribution in [1.82, 2.24) is 5.32 Å². The second kappa shape index (κ2) is 4.55. The van der Waals surface area contributed by atoms with Crippen molar-refractivity contribution >= 4 is 26.9 Å². The highest BCUT2D eigenvalue weighted by atomic mass is 79.9. The van der Waals surface area contributed by atoms with E-state index in [1.165, 1.54) is 6.07 Å². The molecule has 0 aliphatic heterocycles. The second-order valence-electron chi connectivity index (χ2n) is 4.02. The van der Waals surface area contributed by atoms with E-state index in [1.54, 1.807) is 12.1 Å². The van der Waals surface area contributed by atoms with Gasteiger partial charge in [0.05, 0.1) is 16.4 Å². The summed E-state index contributed by atoms with van der Waals surface area (Å²) in [5.41, 5.74) is 0.570. The van der Waals surface area contributed by atoms with Crippen molar-refractivity contribution in [1.29, 1.82) is 0 Å². The van der Waals surface area contributed by atoms with Gasteiger partial charge in [0, 0.05) is 6.04 Å². The van der Waals surface area contributed by atoms with E-state index >= 15 is 0 Å². The van der Waals surface area contributed by atoms with Crippen LogP contribution in [0.4, 0.5) is 4.39 Å². The minimum atomic E-state index is -0.252. The van der Waals surface area contributed by atoms with Crippen molar-refractivity contribution in [2.24, 2.45) is 0 Å². The lowest BCUT2D eigenvalue weighted by Gasteiger charge is -2.04. The molecule has 1 heterocycles. The highest BCUT2D eigenvalue weighted by Gasteiger charge is 2.11. The average Bonchev–Trinajstić information content (AvgIpc) is 2.66. The molecule has 0 amide bonds. The van der Waals surface area contributed by atoms with E-state index in [9.17, 15) is 4.39 Å². The van der Waals surface area contributed by atoms with E-state index < -0.39 is 0 Å². The molecular formula is C12H13BrFNO. The van der Waals surface area contributed by atoms with Gasteiger partial charge in [0.15, 0.2) is 5.58 Å². The summed E-state index contributed by atoms with van der Waals surface area (Å²) < 4.78 is 19.8. The number of benzene rings is 1. The Morgan fingerprint density at radius 3 is 2.81 bits per heavy atom. The van der Waals surface area contributed by atoms with Gasteiger partial charge in [-0.2, -0.15) is 0 Å². The van der Waals surface area contributed by atoms with Gasteiger partial charge in [-0.15, -0.1) is 0 Å². The fourth-order valence-corrected chi connectivity index (χ4v) is 1.93. The summed E-state index contributed by atoms with van der Waals surface area (Å²) in [5.74, 6) is 0.493. The summed E-state index contributed by atoms with van der Waals surface area (Å²) in [5, 5.41) is 3.75. The Morgan fingerprint density at radius 1 is 1.44 bits per heavy atom. The van der Waals surface area contributed by atoms with Crippen LogP contribution in [0, 0.1) is 5.82 Å². The minimum Gasteiger partial charge on any atom is -0.458 e. The Hall–Kier alpha value is -0.870. The fourth-order valence-electron chi connectivity index (χ4n) is 1.50. The largest absolute Gasteiger partial charge is 0.458 e. The Labute approximate surface area is 102 Å². The van der Waals surface area contributed by atoms with Crippen LogP contribution in [0.3, 0.4) is 0 Å². The predicted molar refractivity (Wildman–Crippen MR) is 65.8 cm³/mol. The maximum Gasteiger partial charge on any atom is 0.151 e. The van der Waals surface area contributed by atoms with Gasteiger partial charge in [-0.05, 0) is 34.1 Å². The first-order chi connectivity index (χ1) is 7.58. The monoisotopic (exact) mass is 285 g/mol. The third kappa shape index (κ3) is 2.28. The van der Waals surface area contributed by atoms with Crippen LogP contribution >= 0.6 is 15.9 Å². The molecule has 0 spiro atoms. The third-order valence-corrected chi connectivity index (χ3v) is 2.94. The zero-order valence-corrected chi connectivity index (χ0v) is 10.8. The summed E-state index contributed by atoms with van der Waals surface area (Å²) in [6, 6.07) is 5.20. The summed E-state index contributed by atoms with van der Waals surface area (Å²) in [7, 11) is 0. The molecule has 0 radical (unpaired) electrons. The molecule has 4 heteroatoms. The summed E-state index contributed by atoms with van der Waals surface area (Å²) in [6.07, 6.45) is 0. The second-order valence-corrected chi connectivity index (χ2v) is 4.87. The summed E-state index contributed by atoms with van der Waals surface area (Å²) in [4.78, 5) is 0. The van der Waals surface area contributed by atoms with Crippen molar-refractivity contribution in [3.05, 3.63) is 34.2 Å². The quantitative estimate of drug-likeness (QED) is 0.927. The van der Waals surface area contributed by atoms with E-state index in [2.05, 4.69) is 35.1 Å². The van der Waals surface area contributed by atoms with Crippen LogP contribution in [0.25, 0.3) is 11.0 Å². The number of furan rings is 1. The van der Waals surface area contributed by atoms with Gasteiger partial charge in [0.1, 0.15) is 11.6 Å². The maximum atomic E-state index is 13.5. The van der Waals surface area contributed by atoms with Crippen LogP contribution in [-0.4, -0.2) is 6.04 Å². The number of hydrogen-bond acceptors (Lipinski definition) is 2. The molecular weight excluding hydrogens is 273 g/mol. The number of nitrogens with one attached hydrogen (secondary N) is 1. The number of rotatable bonds is 3. The number of fused-ring (bicyclic) bond motifs is 1. The molecule has 1 aromatic heterocycles. The SMILES string of the molecule is CC(C)NCc1cc2c(F)ccc(Br)c2o1. The third-order valence-electron chi connectivity index (χ3n) is 2.32. The van der Waals surface area contributed by atoms with Crippen LogP contribution in [0.1, 0.15) is 19.6 Å². The van der Waals surface area contributed by atoms with Gasteiger partial charge in [-0.25, -0.2) is 4.39 Å². The van der Waals surface area contributed by atoms with Gasteiger partial charge >= 0.3 is 0 Å². The number of halogens is 2. The van der Waals surface area contributed by atoms with Crippen LogP contribution < -0.4 is 5.32 Å². The summed E-state index contributed by atoms with van der Waals surface area (Å²) in [6.45, 7) is 4.72. The summed E-state index contributed by atoms with van der Waals surface area (Å²) >= 11 is 3.34. The molecule has 2 nitrogen and oxygen atoms in total. The fraction of sp³-hybridized carbons (Fsp3) is 0.333. The Balaban J connectivity index is 2.36. The van der Waals surface area contributed by atoms with Crippen molar-refractivity contribution in [3.63, 3.8) is 0 Å². The first-order valence-corrected chi connectivity index (χ1v) is 5.97. The average molecular weight is 286 g/mol. The molecule has 0 bridgehead atoms. The van der Waals surface area contributed by atoms with Crippen molar-refractivity contribution < 1.29 is 8.81 Å². The lowest BCUT2D eigenvalue weighted by Crippen LogP contribution is -2.21. The van der Waals surface area contributed by atoms with Crippen molar-refractivity contribution in [3.8, 4) is 0 Å². The standard InChI is InChI=1S/C12H13BrFNO/c1-7(2)15-6-8-5-9-11(14)4-3-10(13)12(9)16-8/h3-5,7,15H,6H2,1-2H3. The van der Waals surface area contributed by atoms with Crippen molar-refractivity contribution in [2.45, 2.75) is 26.4 Å². The zero-order valence-electron chi connectivity index (χ0n) is 9.18. The van der Waals surface area contributed by atoms with Gasteiger partial charge < -0.3 is 9.73 Å². The molecule has 2 rings (SSSR count). The molecule has 0 atom stereocenters. The molecule has 2 aromatic rings. The van der Waals surface area contributed by atoms with Crippen LogP contribution in [-0.2, 0) is 6.54 Å². The molecule has 16 heavy (non-hydrogen) atoms. The minimum absolute atomic E-state index is 0.252. The predicted octanol–water partition coefficient (Wildman–Crippen LogP) is 3.83. The molecule has 0 aliphatic rings. The van der Waals surface area contributed by atoms with Gasteiger partial charge in [-0.1, -0.05) is 13.8 Å². The van der Waals surface area contributed by atoms with Crippen LogP contribution in [0.2, 0.25) is 0 Å². The van der Waals surface area contributed by atoms with Crippen molar-refractivity contribution in [2.75, 3.05) is 0 Å². The molecule has 86 valence electrons. The van der Waals surface area contributed by atoms with E-state index in [1.807, 2.05) is 0 Å². The molecule has 0 saturated carbocycles. The molecule has 1 aromatic carbocycles. The lowest BCUT2D eigenvalue weighted by atomic mass is 10.2. The zero-order chi connectivity index (χ0) is 11.7. The Morgan fingerprint density at radius 2 is 2.19 bits per heavy atom. The maximum absolute atomic E-state index is 13.5. The normalized spacial score (nSPS) is 11.6. The lowest BCUT2D eigenvalue weighted by molar-refractivity contribution is 0.487. The van der Waals surface area contributed by atoms with Gasteiger partial charge in [0.2, 0.25) is 0 Å². The Kier molecular flexibility index (Phi) is 3.30. The Bertz CT molecular complexity index is 468. The van der Waals surface area contributed by atoms with Gasteiger partial charge in [0.25, 0.3) is 0 Å².